The van der Waals surface area contributed by atoms with Crippen molar-refractivity contribution in [2.45, 2.75) is 25.7 Å². The summed E-state index contributed by atoms with van der Waals surface area (Å²) in [6, 6.07) is 5.01. The van der Waals surface area contributed by atoms with Crippen LogP contribution in [0.1, 0.15) is 11.3 Å². The lowest BCUT2D eigenvalue weighted by atomic mass is 10.2. The molecule has 2 aromatic heterocycles. The fourth-order valence-corrected chi connectivity index (χ4v) is 2.46. The van der Waals surface area contributed by atoms with E-state index in [9.17, 15) is 18.0 Å². The third kappa shape index (κ3) is 4.03. The Morgan fingerprint density at radius 1 is 1.33 bits per heavy atom. The molecule has 0 atom stereocenters. The summed E-state index contributed by atoms with van der Waals surface area (Å²) in [7, 11) is 0. The number of fused-ring (bicyclic) bond motifs is 1. The molecule has 0 aliphatic carbocycles. The van der Waals surface area contributed by atoms with Crippen LogP contribution in [0, 0.1) is 0 Å². The first-order valence-electron chi connectivity index (χ1n) is 7.34. The van der Waals surface area contributed by atoms with Gasteiger partial charge in [0.05, 0.1) is 25.2 Å². The Morgan fingerprint density at radius 3 is 2.96 bits per heavy atom. The van der Waals surface area contributed by atoms with Crippen molar-refractivity contribution in [3.8, 4) is 5.88 Å². The Kier molecular flexibility index (Phi) is 4.41. The van der Waals surface area contributed by atoms with Crippen LogP contribution in [0.25, 0.3) is 0 Å². The second-order valence-electron chi connectivity index (χ2n) is 5.43. The third-order valence-electron chi connectivity index (χ3n) is 3.53. The molecule has 128 valence electrons. The molecule has 2 aromatic rings. The van der Waals surface area contributed by atoms with Crippen molar-refractivity contribution in [3.05, 3.63) is 41.9 Å². The summed E-state index contributed by atoms with van der Waals surface area (Å²) < 4.78 is 43.3. The topological polar surface area (TPSA) is 60.2 Å². The third-order valence-corrected chi connectivity index (χ3v) is 3.53. The molecule has 0 bridgehead atoms. The van der Waals surface area contributed by atoms with E-state index in [-0.39, 0.29) is 12.3 Å². The SMILES string of the molecule is O=C(Cc1ccn(CC(F)(F)F)n1)N1CCOc2ncccc2C1. The maximum Gasteiger partial charge on any atom is 0.408 e. The lowest BCUT2D eigenvalue weighted by molar-refractivity contribution is -0.142. The number of rotatable bonds is 3. The minimum atomic E-state index is -4.34. The van der Waals surface area contributed by atoms with Crippen molar-refractivity contribution < 1.29 is 22.7 Å². The van der Waals surface area contributed by atoms with Crippen LogP contribution < -0.4 is 4.74 Å². The highest BCUT2D eigenvalue weighted by molar-refractivity contribution is 5.78. The zero-order valence-corrected chi connectivity index (χ0v) is 12.7. The Morgan fingerprint density at radius 2 is 2.17 bits per heavy atom. The van der Waals surface area contributed by atoms with Crippen LogP contribution >= 0.6 is 0 Å². The standard InChI is InChI=1S/C15H15F3N4O2/c16-15(17,18)10-22-5-3-12(20-22)8-13(23)21-6-7-24-14-11(9-21)2-1-4-19-14/h1-5H,6-10H2. The van der Waals surface area contributed by atoms with E-state index in [2.05, 4.69) is 10.1 Å². The molecule has 3 rings (SSSR count). The highest BCUT2D eigenvalue weighted by atomic mass is 19.4. The van der Waals surface area contributed by atoms with Gasteiger partial charge in [-0.3, -0.25) is 9.48 Å². The van der Waals surface area contributed by atoms with Gasteiger partial charge in [-0.05, 0) is 12.1 Å². The van der Waals surface area contributed by atoms with E-state index in [4.69, 9.17) is 4.74 Å². The highest BCUT2D eigenvalue weighted by Gasteiger charge is 2.28. The number of carbonyl (C=O) groups excluding carboxylic acids is 1. The Bertz CT molecular complexity index is 730. The first-order chi connectivity index (χ1) is 11.4. The van der Waals surface area contributed by atoms with E-state index >= 15 is 0 Å². The highest BCUT2D eigenvalue weighted by Crippen LogP contribution is 2.20. The van der Waals surface area contributed by atoms with Gasteiger partial charge in [0.2, 0.25) is 11.8 Å². The van der Waals surface area contributed by atoms with E-state index in [1.54, 1.807) is 17.2 Å². The lowest BCUT2D eigenvalue weighted by Crippen LogP contribution is -2.33. The van der Waals surface area contributed by atoms with Crippen LogP contribution in [0.3, 0.4) is 0 Å². The van der Waals surface area contributed by atoms with Gasteiger partial charge in [0.15, 0.2) is 0 Å². The number of aromatic nitrogens is 3. The van der Waals surface area contributed by atoms with Gasteiger partial charge in [-0.15, -0.1) is 0 Å². The normalized spacial score (nSPS) is 14.7. The molecule has 9 heteroatoms. The first kappa shape index (κ1) is 16.3. The smallest absolute Gasteiger partial charge is 0.408 e. The Labute approximate surface area is 135 Å². The van der Waals surface area contributed by atoms with E-state index in [0.29, 0.717) is 31.3 Å². The van der Waals surface area contributed by atoms with Gasteiger partial charge >= 0.3 is 6.18 Å². The summed E-state index contributed by atoms with van der Waals surface area (Å²) in [5.74, 6) is 0.287. The van der Waals surface area contributed by atoms with Gasteiger partial charge in [0.1, 0.15) is 13.2 Å². The number of ether oxygens (including phenoxy) is 1. The zero-order chi connectivity index (χ0) is 17.2. The van der Waals surface area contributed by atoms with Crippen molar-refractivity contribution in [2.24, 2.45) is 0 Å². The van der Waals surface area contributed by atoms with Crippen molar-refractivity contribution in [1.29, 1.82) is 0 Å². The lowest BCUT2D eigenvalue weighted by Gasteiger charge is -2.19. The van der Waals surface area contributed by atoms with Gasteiger partial charge < -0.3 is 9.64 Å². The van der Waals surface area contributed by atoms with Crippen molar-refractivity contribution >= 4 is 5.91 Å². The second-order valence-corrected chi connectivity index (χ2v) is 5.43. The number of hydrogen-bond donors (Lipinski definition) is 0. The van der Waals surface area contributed by atoms with E-state index in [0.717, 1.165) is 10.2 Å². The molecule has 0 spiro atoms. The molecule has 0 unspecified atom stereocenters. The van der Waals surface area contributed by atoms with E-state index in [1.165, 1.54) is 12.3 Å². The number of alkyl halides is 3. The Hall–Kier alpha value is -2.58. The van der Waals surface area contributed by atoms with E-state index < -0.39 is 12.7 Å². The first-order valence-corrected chi connectivity index (χ1v) is 7.34. The maximum atomic E-state index is 12.4. The minimum Gasteiger partial charge on any atom is -0.476 e. The summed E-state index contributed by atoms with van der Waals surface area (Å²) >= 11 is 0. The van der Waals surface area contributed by atoms with Crippen LogP contribution in [-0.2, 0) is 24.3 Å². The van der Waals surface area contributed by atoms with Gasteiger partial charge in [-0.2, -0.15) is 18.3 Å². The van der Waals surface area contributed by atoms with E-state index in [1.807, 2.05) is 6.07 Å². The molecule has 0 radical (unpaired) electrons. The fourth-order valence-electron chi connectivity index (χ4n) is 2.46. The number of carbonyl (C=O) groups is 1. The molecular formula is C15H15F3N4O2. The van der Waals surface area contributed by atoms with Gasteiger partial charge in [0, 0.05) is 18.0 Å². The molecule has 1 aliphatic heterocycles. The summed E-state index contributed by atoms with van der Waals surface area (Å²) in [5, 5.41) is 3.80. The molecular weight excluding hydrogens is 325 g/mol. The van der Waals surface area contributed by atoms with Crippen molar-refractivity contribution in [2.75, 3.05) is 13.2 Å². The monoisotopic (exact) mass is 340 g/mol. The van der Waals surface area contributed by atoms with Gasteiger partial charge in [-0.1, -0.05) is 6.07 Å². The second kappa shape index (κ2) is 6.50. The molecule has 24 heavy (non-hydrogen) atoms. The molecule has 0 saturated carbocycles. The average molecular weight is 340 g/mol. The summed E-state index contributed by atoms with van der Waals surface area (Å²) in [5.41, 5.74) is 1.10. The molecule has 0 N–H and O–H groups in total. The quantitative estimate of drug-likeness (QED) is 0.855. The average Bonchev–Trinajstić information content (AvgIpc) is 2.81. The van der Waals surface area contributed by atoms with Crippen LogP contribution in [0.5, 0.6) is 5.88 Å². The predicted octanol–water partition coefficient (Wildman–Crippen LogP) is 1.80. The number of nitrogens with zero attached hydrogens (tertiary/aromatic N) is 4. The van der Waals surface area contributed by atoms with Gasteiger partial charge in [-0.25, -0.2) is 4.98 Å². The van der Waals surface area contributed by atoms with Gasteiger partial charge in [0.25, 0.3) is 0 Å². The number of amides is 1. The van der Waals surface area contributed by atoms with Crippen LogP contribution in [0.4, 0.5) is 13.2 Å². The van der Waals surface area contributed by atoms with Crippen molar-refractivity contribution in [3.63, 3.8) is 0 Å². The largest absolute Gasteiger partial charge is 0.476 e. The molecule has 3 heterocycles. The fraction of sp³-hybridized carbons (Fsp3) is 0.400. The molecule has 0 aromatic carbocycles. The molecule has 6 nitrogen and oxygen atoms in total. The number of halogens is 3. The predicted molar refractivity (Wildman–Crippen MR) is 77.1 cm³/mol. The van der Waals surface area contributed by atoms with Crippen LogP contribution in [0.15, 0.2) is 30.6 Å². The number of hydrogen-bond acceptors (Lipinski definition) is 4. The molecule has 1 amide bonds. The summed E-state index contributed by atoms with van der Waals surface area (Å²) in [6.07, 6.45) is -1.56. The van der Waals surface area contributed by atoms with Crippen LogP contribution in [-0.4, -0.2) is 44.9 Å². The van der Waals surface area contributed by atoms with Crippen LogP contribution in [0.2, 0.25) is 0 Å². The summed E-state index contributed by atoms with van der Waals surface area (Å²) in [4.78, 5) is 18.1. The molecule has 0 fully saturated rings. The molecule has 1 aliphatic rings. The Balaban J connectivity index is 1.65. The zero-order valence-electron chi connectivity index (χ0n) is 12.7. The maximum absolute atomic E-state index is 12.4. The summed E-state index contributed by atoms with van der Waals surface area (Å²) in [6.45, 7) is -0.111. The minimum absolute atomic E-state index is 0.0551. The molecule has 0 saturated heterocycles. The van der Waals surface area contributed by atoms with Crippen molar-refractivity contribution in [1.82, 2.24) is 19.7 Å². The number of pyridine rings is 1.